The summed E-state index contributed by atoms with van der Waals surface area (Å²) in [4.78, 5) is 35.7. The molecule has 2 aliphatic rings. The van der Waals surface area contributed by atoms with Gasteiger partial charge in [-0.15, -0.1) is 11.3 Å². The lowest BCUT2D eigenvalue weighted by Crippen LogP contribution is -2.52. The summed E-state index contributed by atoms with van der Waals surface area (Å²) in [7, 11) is 0. The first-order chi connectivity index (χ1) is 16.2. The fraction of sp³-hybridized carbons (Fsp3) is 0.545. The molecule has 1 amide bonds. The molecule has 0 bridgehead atoms. The van der Waals surface area contributed by atoms with E-state index in [9.17, 15) is 23.5 Å². The highest BCUT2D eigenvalue weighted by Gasteiger charge is 2.47. The molecule has 12 heteroatoms. The van der Waals surface area contributed by atoms with Crippen molar-refractivity contribution in [3.63, 3.8) is 0 Å². The molecule has 3 aromatic heterocycles. The normalized spacial score (nSPS) is 24.4. The number of alkyl halides is 2. The number of carbonyl (C=O) groups excluding carboxylic acids is 1. The van der Waals surface area contributed by atoms with E-state index < -0.39 is 29.8 Å². The van der Waals surface area contributed by atoms with Crippen molar-refractivity contribution >= 4 is 39.7 Å². The van der Waals surface area contributed by atoms with Crippen LogP contribution in [-0.2, 0) is 11.3 Å². The molecular weight excluding hydrogens is 490 g/mol. The molecular formula is C22H23ClF2N4O4S. The van der Waals surface area contributed by atoms with E-state index in [-0.39, 0.29) is 56.8 Å². The molecule has 2 fully saturated rings. The Morgan fingerprint density at radius 3 is 2.79 bits per heavy atom. The Labute approximate surface area is 202 Å². The molecule has 8 nitrogen and oxygen atoms in total. The van der Waals surface area contributed by atoms with Gasteiger partial charge in [-0.3, -0.25) is 14.2 Å². The SMILES string of the molecule is O=C([C@H]1CCC(F)(F)C[C@@H]1c1cnco1)N1CCC(O)(Cn2cnc3c(Cl)scc3c2=O)CC1. The van der Waals surface area contributed by atoms with Crippen LogP contribution in [0.2, 0.25) is 4.34 Å². The predicted octanol–water partition coefficient (Wildman–Crippen LogP) is 3.67. The molecule has 2 atom stereocenters. The lowest BCUT2D eigenvalue weighted by molar-refractivity contribution is -0.146. The standard InChI is InChI=1S/C22H23ClF2N4O4S/c23-18-17-15(9-34-18)20(31)29(11-27-17)10-21(32)3-5-28(6-4-21)19(30)13-1-2-22(24,25)7-14(13)16-8-26-12-33-16/h8-9,11-14,32H,1-7,10H2/t13-,14-/m0/s1. The minimum absolute atomic E-state index is 0.0423. The number of hydrogen-bond acceptors (Lipinski definition) is 7. The van der Waals surface area contributed by atoms with Crippen molar-refractivity contribution in [2.75, 3.05) is 13.1 Å². The van der Waals surface area contributed by atoms with E-state index in [1.807, 2.05) is 0 Å². The number of fused-ring (bicyclic) bond motifs is 1. The zero-order chi connectivity index (χ0) is 24.1. The largest absolute Gasteiger partial charge is 0.448 e. The summed E-state index contributed by atoms with van der Waals surface area (Å²) >= 11 is 7.28. The van der Waals surface area contributed by atoms with E-state index in [1.54, 1.807) is 10.3 Å². The zero-order valence-corrected chi connectivity index (χ0v) is 19.7. The first-order valence-corrected chi connectivity index (χ1v) is 12.3. The van der Waals surface area contributed by atoms with Crippen molar-refractivity contribution in [3.05, 3.63) is 44.7 Å². The Morgan fingerprint density at radius 2 is 2.09 bits per heavy atom. The summed E-state index contributed by atoms with van der Waals surface area (Å²) in [5.74, 6) is -4.15. The molecule has 4 heterocycles. The smallest absolute Gasteiger partial charge is 0.262 e. The Hall–Kier alpha value is -2.37. The van der Waals surface area contributed by atoms with Gasteiger partial charge in [-0.25, -0.2) is 18.7 Å². The highest BCUT2D eigenvalue weighted by molar-refractivity contribution is 7.16. The fourth-order valence-electron chi connectivity index (χ4n) is 5.04. The van der Waals surface area contributed by atoms with E-state index in [0.717, 1.165) is 0 Å². The van der Waals surface area contributed by atoms with Gasteiger partial charge in [-0.1, -0.05) is 11.6 Å². The second-order valence-corrected chi connectivity index (χ2v) is 10.7. The van der Waals surface area contributed by atoms with Crippen molar-refractivity contribution in [2.45, 2.75) is 56.1 Å². The Bertz CT molecular complexity index is 1250. The third kappa shape index (κ3) is 4.36. The predicted molar refractivity (Wildman–Crippen MR) is 121 cm³/mol. The maximum absolute atomic E-state index is 14.1. The minimum atomic E-state index is -2.86. The summed E-state index contributed by atoms with van der Waals surface area (Å²) in [5, 5.41) is 13.2. The molecule has 1 saturated heterocycles. The van der Waals surface area contributed by atoms with Crippen LogP contribution >= 0.6 is 22.9 Å². The molecule has 0 radical (unpaired) electrons. The maximum Gasteiger partial charge on any atom is 0.262 e. The van der Waals surface area contributed by atoms with E-state index in [0.29, 0.717) is 21.0 Å². The summed E-state index contributed by atoms with van der Waals surface area (Å²) in [6, 6.07) is 0. The Balaban J connectivity index is 1.27. The van der Waals surface area contributed by atoms with Crippen LogP contribution in [-0.4, -0.2) is 55.1 Å². The van der Waals surface area contributed by atoms with Crippen molar-refractivity contribution in [3.8, 4) is 0 Å². The van der Waals surface area contributed by atoms with Crippen LogP contribution in [0, 0.1) is 5.92 Å². The van der Waals surface area contributed by atoms with Crippen LogP contribution in [0.3, 0.4) is 0 Å². The maximum atomic E-state index is 14.1. The fourth-order valence-corrected chi connectivity index (χ4v) is 6.03. The monoisotopic (exact) mass is 512 g/mol. The number of amides is 1. The number of carbonyl (C=O) groups is 1. The van der Waals surface area contributed by atoms with E-state index in [2.05, 4.69) is 9.97 Å². The second kappa shape index (κ2) is 8.69. The summed E-state index contributed by atoms with van der Waals surface area (Å²) in [6.07, 6.45) is 3.71. The van der Waals surface area contributed by atoms with Gasteiger partial charge in [0.25, 0.3) is 5.56 Å². The van der Waals surface area contributed by atoms with Gasteiger partial charge in [0.05, 0.1) is 30.1 Å². The van der Waals surface area contributed by atoms with Gasteiger partial charge >= 0.3 is 0 Å². The Morgan fingerprint density at radius 1 is 1.32 bits per heavy atom. The number of piperidine rings is 1. The molecule has 1 aliphatic carbocycles. The molecule has 0 spiro atoms. The number of nitrogens with zero attached hydrogens (tertiary/aromatic N) is 4. The first-order valence-electron chi connectivity index (χ1n) is 11.1. The van der Waals surface area contributed by atoms with Gasteiger partial charge in [-0.2, -0.15) is 0 Å². The summed E-state index contributed by atoms with van der Waals surface area (Å²) < 4.78 is 35.3. The highest BCUT2D eigenvalue weighted by Crippen LogP contribution is 2.46. The number of aromatic nitrogens is 3. The lowest BCUT2D eigenvalue weighted by Gasteiger charge is -2.42. The van der Waals surface area contributed by atoms with Crippen LogP contribution in [0.15, 0.2) is 33.5 Å². The van der Waals surface area contributed by atoms with Crippen LogP contribution in [0.1, 0.15) is 43.8 Å². The number of aliphatic hydroxyl groups is 1. The second-order valence-electron chi connectivity index (χ2n) is 9.21. The summed E-state index contributed by atoms with van der Waals surface area (Å²) in [5.41, 5.74) is -1.03. The molecule has 5 rings (SSSR count). The average molecular weight is 513 g/mol. The van der Waals surface area contributed by atoms with Gasteiger partial charge < -0.3 is 14.4 Å². The van der Waals surface area contributed by atoms with Gasteiger partial charge in [0.15, 0.2) is 6.39 Å². The molecule has 3 aromatic rings. The van der Waals surface area contributed by atoms with Crippen molar-refractivity contribution in [1.82, 2.24) is 19.4 Å². The minimum Gasteiger partial charge on any atom is -0.448 e. The number of halogens is 3. The zero-order valence-electron chi connectivity index (χ0n) is 18.1. The molecule has 1 saturated carbocycles. The van der Waals surface area contributed by atoms with E-state index in [1.165, 1.54) is 34.8 Å². The van der Waals surface area contributed by atoms with Gasteiger partial charge in [-0.05, 0) is 19.3 Å². The number of likely N-dealkylation sites (tertiary alicyclic amines) is 1. The molecule has 0 aromatic carbocycles. The molecule has 1 N–H and O–H groups in total. The van der Waals surface area contributed by atoms with Gasteiger partial charge in [0.1, 0.15) is 15.6 Å². The van der Waals surface area contributed by atoms with Crippen molar-refractivity contribution < 1.29 is 23.1 Å². The molecule has 34 heavy (non-hydrogen) atoms. The van der Waals surface area contributed by atoms with Crippen LogP contribution in [0.4, 0.5) is 8.78 Å². The number of rotatable bonds is 4. The molecule has 182 valence electrons. The molecule has 1 aliphatic heterocycles. The van der Waals surface area contributed by atoms with Crippen LogP contribution in [0.5, 0.6) is 0 Å². The van der Waals surface area contributed by atoms with Crippen LogP contribution < -0.4 is 5.56 Å². The van der Waals surface area contributed by atoms with Crippen molar-refractivity contribution in [1.29, 1.82) is 0 Å². The quantitative estimate of drug-likeness (QED) is 0.572. The third-order valence-electron chi connectivity index (χ3n) is 6.97. The van der Waals surface area contributed by atoms with Crippen LogP contribution in [0.25, 0.3) is 10.9 Å². The summed E-state index contributed by atoms with van der Waals surface area (Å²) in [6.45, 7) is 0.570. The highest BCUT2D eigenvalue weighted by atomic mass is 35.5. The van der Waals surface area contributed by atoms with Gasteiger partial charge in [0.2, 0.25) is 11.8 Å². The molecule has 0 unspecified atom stereocenters. The topological polar surface area (TPSA) is 101 Å². The van der Waals surface area contributed by atoms with Crippen molar-refractivity contribution in [2.24, 2.45) is 5.92 Å². The van der Waals surface area contributed by atoms with Gasteiger partial charge in [0, 0.05) is 43.1 Å². The Kier molecular flexibility index (Phi) is 5.97. The third-order valence-corrected chi connectivity index (χ3v) is 8.17. The number of oxazole rings is 1. The lowest BCUT2D eigenvalue weighted by atomic mass is 9.75. The van der Waals surface area contributed by atoms with E-state index >= 15 is 0 Å². The number of hydrogen-bond donors (Lipinski definition) is 1. The first kappa shape index (κ1) is 23.4. The average Bonchev–Trinajstić information content (AvgIpc) is 3.46. The van der Waals surface area contributed by atoms with E-state index in [4.69, 9.17) is 16.0 Å². The number of thiophene rings is 1.